The van der Waals surface area contributed by atoms with Crippen LogP contribution in [0.15, 0.2) is 0 Å². The van der Waals surface area contributed by atoms with Gasteiger partial charge in [-0.2, -0.15) is 0 Å². The zero-order chi connectivity index (χ0) is 22.1. The summed E-state index contributed by atoms with van der Waals surface area (Å²) < 4.78 is 16.3. The maximum absolute atomic E-state index is 13.3. The van der Waals surface area contributed by atoms with Gasteiger partial charge in [0.25, 0.3) is 0 Å². The Morgan fingerprint density at radius 2 is 1.29 bits per heavy atom. The summed E-state index contributed by atoms with van der Waals surface area (Å²) in [4.78, 5) is 26.5. The molecule has 164 valence electrons. The monoisotopic (exact) mass is 414 g/mol. The first kappa shape index (κ1) is 25.2. The van der Waals surface area contributed by atoms with E-state index in [1.54, 1.807) is 7.11 Å². The van der Waals surface area contributed by atoms with Crippen molar-refractivity contribution in [2.75, 3.05) is 21.3 Å². The van der Waals surface area contributed by atoms with E-state index in [0.717, 1.165) is 6.04 Å². The van der Waals surface area contributed by atoms with Gasteiger partial charge in [-0.05, 0) is 12.3 Å². The molecule has 0 heterocycles. The van der Waals surface area contributed by atoms with Crippen LogP contribution in [0, 0.1) is 16.7 Å². The van der Waals surface area contributed by atoms with Crippen LogP contribution in [0.5, 0.6) is 0 Å². The highest BCUT2D eigenvalue weighted by Crippen LogP contribution is 2.62. The summed E-state index contributed by atoms with van der Waals surface area (Å²) in [5.74, 6) is -1.15. The van der Waals surface area contributed by atoms with Crippen molar-refractivity contribution >= 4 is 20.0 Å². The third kappa shape index (κ3) is 3.45. The molecule has 0 aromatic carbocycles. The fraction of sp³-hybridized carbons (Fsp3) is 0.909. The van der Waals surface area contributed by atoms with E-state index < -0.39 is 30.8 Å². The van der Waals surface area contributed by atoms with Gasteiger partial charge < -0.3 is 14.2 Å². The van der Waals surface area contributed by atoms with E-state index in [1.165, 1.54) is 14.2 Å². The zero-order valence-corrected chi connectivity index (χ0v) is 20.8. The predicted molar refractivity (Wildman–Crippen MR) is 115 cm³/mol. The normalized spacial score (nSPS) is 24.1. The zero-order valence-electron chi connectivity index (χ0n) is 19.8. The molecule has 0 spiro atoms. The summed E-state index contributed by atoms with van der Waals surface area (Å²) in [6, 6.07) is 0.882. The molecular weight excluding hydrogens is 372 g/mol. The Morgan fingerprint density at radius 1 is 0.893 bits per heavy atom. The van der Waals surface area contributed by atoms with Crippen LogP contribution in [-0.2, 0) is 23.8 Å². The fourth-order valence-corrected chi connectivity index (χ4v) is 13.3. The lowest BCUT2D eigenvalue weighted by Crippen LogP contribution is -2.57. The topological polar surface area (TPSA) is 61.8 Å². The van der Waals surface area contributed by atoms with E-state index in [2.05, 4.69) is 41.5 Å². The Bertz CT molecular complexity index is 529. The molecule has 28 heavy (non-hydrogen) atoms. The number of hydrogen-bond donors (Lipinski definition) is 0. The second-order valence-electron chi connectivity index (χ2n) is 9.95. The molecular formula is C22H42O5Si. The Morgan fingerprint density at radius 3 is 1.57 bits per heavy atom. The molecule has 1 rings (SSSR count). The van der Waals surface area contributed by atoms with Crippen LogP contribution >= 0.6 is 0 Å². The Hall–Kier alpha value is -0.883. The minimum Gasteiger partial charge on any atom is -0.468 e. The van der Waals surface area contributed by atoms with Crippen LogP contribution in [0.1, 0.15) is 61.8 Å². The van der Waals surface area contributed by atoms with E-state index in [1.807, 2.05) is 13.8 Å². The van der Waals surface area contributed by atoms with Crippen molar-refractivity contribution in [3.8, 4) is 0 Å². The first-order valence-electron chi connectivity index (χ1n) is 10.5. The maximum Gasteiger partial charge on any atom is 0.324 e. The van der Waals surface area contributed by atoms with Crippen molar-refractivity contribution < 1.29 is 23.8 Å². The average Bonchev–Trinajstić information content (AvgIpc) is 2.83. The maximum atomic E-state index is 13.3. The molecule has 1 aliphatic rings. The molecule has 0 radical (unpaired) electrons. The number of carbonyl (C=O) groups is 2. The molecule has 5 nitrogen and oxygen atoms in total. The molecule has 1 saturated carbocycles. The van der Waals surface area contributed by atoms with E-state index in [0.29, 0.717) is 23.0 Å². The summed E-state index contributed by atoms with van der Waals surface area (Å²) in [5.41, 5.74) is -0.480. The van der Waals surface area contributed by atoms with Gasteiger partial charge in [-0.3, -0.25) is 9.59 Å². The van der Waals surface area contributed by atoms with Crippen molar-refractivity contribution in [1.29, 1.82) is 0 Å². The minimum absolute atomic E-state index is 0.161. The number of ether oxygens (including phenoxy) is 3. The largest absolute Gasteiger partial charge is 0.468 e. The van der Waals surface area contributed by atoms with Gasteiger partial charge >= 0.3 is 11.9 Å². The highest BCUT2D eigenvalue weighted by atomic mass is 28.3. The number of esters is 2. The van der Waals surface area contributed by atoms with Crippen molar-refractivity contribution in [3.63, 3.8) is 0 Å². The summed E-state index contributed by atoms with van der Waals surface area (Å²) >= 11 is 0. The third-order valence-electron chi connectivity index (χ3n) is 8.06. The molecule has 0 N–H and O–H groups in total. The predicted octanol–water partition coefficient (Wildman–Crippen LogP) is 5.06. The van der Waals surface area contributed by atoms with Gasteiger partial charge in [0.1, 0.15) is 0 Å². The molecule has 1 aliphatic carbocycles. The summed E-state index contributed by atoms with van der Waals surface area (Å²) in [6.45, 7) is 17.7. The van der Waals surface area contributed by atoms with Crippen molar-refractivity contribution in [1.82, 2.24) is 0 Å². The van der Waals surface area contributed by atoms with E-state index in [4.69, 9.17) is 14.2 Å². The van der Waals surface area contributed by atoms with Crippen LogP contribution in [0.3, 0.4) is 0 Å². The van der Waals surface area contributed by atoms with Crippen LogP contribution < -0.4 is 0 Å². The van der Waals surface area contributed by atoms with E-state index in [-0.39, 0.29) is 12.0 Å². The molecule has 0 bridgehead atoms. The molecule has 1 fully saturated rings. The molecule has 6 heteroatoms. The summed E-state index contributed by atoms with van der Waals surface area (Å²) in [5, 5.41) is 0. The van der Waals surface area contributed by atoms with E-state index in [9.17, 15) is 9.59 Å². The molecule has 0 aliphatic heterocycles. The van der Waals surface area contributed by atoms with Gasteiger partial charge in [0.05, 0.1) is 28.4 Å². The molecule has 0 aromatic heterocycles. The highest BCUT2D eigenvalue weighted by Gasteiger charge is 2.71. The second kappa shape index (κ2) is 8.86. The molecule has 0 unspecified atom stereocenters. The van der Waals surface area contributed by atoms with E-state index >= 15 is 0 Å². The van der Waals surface area contributed by atoms with Gasteiger partial charge in [-0.1, -0.05) is 78.1 Å². The molecule has 2 atom stereocenters. The highest BCUT2D eigenvalue weighted by molar-refractivity contribution is 6.83. The number of methoxy groups -OCH3 is 3. The standard InChI is InChI=1S/C22H42O5Si/c1-14(2)28(15(3)4,16(5)6)13-17-12-18(25-9)21(7,8)22(17,19(23)26-10)20(24)27-11/h14-18H,12-13H2,1-11H3/t17-,18-/m1/s1. The number of carbonyl (C=O) groups excluding carboxylic acids is 2. The first-order chi connectivity index (χ1) is 12.8. The lowest BCUT2D eigenvalue weighted by atomic mass is 9.63. The Balaban J connectivity index is 3.73. The van der Waals surface area contributed by atoms with Gasteiger partial charge in [-0.25, -0.2) is 0 Å². The van der Waals surface area contributed by atoms with Gasteiger partial charge in [0, 0.05) is 12.5 Å². The molecule has 0 aromatic rings. The summed E-state index contributed by atoms with van der Waals surface area (Å²) in [7, 11) is 2.50. The van der Waals surface area contributed by atoms with Gasteiger partial charge in [0.2, 0.25) is 0 Å². The fourth-order valence-electron chi connectivity index (χ4n) is 6.54. The number of rotatable bonds is 8. The summed E-state index contributed by atoms with van der Waals surface area (Å²) in [6.07, 6.45) is 0.447. The Kier molecular flexibility index (Phi) is 7.96. The third-order valence-corrected chi connectivity index (χ3v) is 15.7. The molecule has 0 amide bonds. The minimum atomic E-state index is -1.87. The SMILES string of the molecule is COC(=O)C1(C(=O)OC)[C@@H](C[Si](C(C)C)(C(C)C)C(C)C)C[C@@H](OC)C1(C)C. The van der Waals surface area contributed by atoms with Crippen molar-refractivity contribution in [2.24, 2.45) is 16.7 Å². The van der Waals surface area contributed by atoms with Crippen LogP contribution in [0.2, 0.25) is 22.7 Å². The lowest BCUT2D eigenvalue weighted by Gasteiger charge is -2.48. The van der Waals surface area contributed by atoms with Crippen molar-refractivity contribution in [3.05, 3.63) is 0 Å². The average molecular weight is 415 g/mol. The quantitative estimate of drug-likeness (QED) is 0.316. The van der Waals surface area contributed by atoms with Crippen LogP contribution in [0.4, 0.5) is 0 Å². The number of hydrogen-bond acceptors (Lipinski definition) is 5. The smallest absolute Gasteiger partial charge is 0.324 e. The molecule has 0 saturated heterocycles. The first-order valence-corrected chi connectivity index (χ1v) is 13.0. The van der Waals surface area contributed by atoms with Crippen LogP contribution in [0.25, 0.3) is 0 Å². The second-order valence-corrected chi connectivity index (χ2v) is 16.0. The van der Waals surface area contributed by atoms with Gasteiger partial charge in [0.15, 0.2) is 5.41 Å². The lowest BCUT2D eigenvalue weighted by molar-refractivity contribution is -0.183. The van der Waals surface area contributed by atoms with Crippen LogP contribution in [-0.4, -0.2) is 47.4 Å². The Labute approximate surface area is 172 Å². The van der Waals surface area contributed by atoms with Gasteiger partial charge in [-0.15, -0.1) is 0 Å². The van der Waals surface area contributed by atoms with Crippen molar-refractivity contribution in [2.45, 2.75) is 90.6 Å².